The number of rotatable bonds is 3. The van der Waals surface area contributed by atoms with Gasteiger partial charge in [0, 0.05) is 18.3 Å². The van der Waals surface area contributed by atoms with Gasteiger partial charge in [-0.3, -0.25) is 9.59 Å². The molecule has 0 radical (unpaired) electrons. The van der Waals surface area contributed by atoms with Gasteiger partial charge in [0.05, 0.1) is 0 Å². The van der Waals surface area contributed by atoms with Gasteiger partial charge in [-0.25, -0.2) is 0 Å². The number of Topliss-reactive ketones (excluding diaryl/α,β-unsaturated/α-hetero) is 2. The molecule has 2 saturated carbocycles. The van der Waals surface area contributed by atoms with Gasteiger partial charge < -0.3 is 0 Å². The van der Waals surface area contributed by atoms with Gasteiger partial charge in [-0.2, -0.15) is 0 Å². The number of carbonyl (C=O) groups excluding carboxylic acids is 2. The van der Waals surface area contributed by atoms with Crippen molar-refractivity contribution >= 4 is 11.6 Å². The maximum atomic E-state index is 11.7. The number of carbonyl (C=O) groups is 2. The Kier molecular flexibility index (Phi) is 3.80. The van der Waals surface area contributed by atoms with Crippen LogP contribution in [0.2, 0.25) is 0 Å². The van der Waals surface area contributed by atoms with Gasteiger partial charge in [-0.15, -0.1) is 0 Å². The number of allylic oxidation sites excluding steroid dienone is 1. The maximum absolute atomic E-state index is 11.7. The molecule has 0 aliphatic heterocycles. The van der Waals surface area contributed by atoms with Crippen LogP contribution in [-0.4, -0.2) is 11.6 Å². The molecule has 0 N–H and O–H groups in total. The third-order valence-corrected chi connectivity index (χ3v) is 4.56. The summed E-state index contributed by atoms with van der Waals surface area (Å²) in [5.41, 5.74) is 1.14. The van der Waals surface area contributed by atoms with Gasteiger partial charge in [-0.1, -0.05) is 12.2 Å². The fourth-order valence-corrected chi connectivity index (χ4v) is 3.30. The first-order chi connectivity index (χ1) is 8.08. The second-order valence-electron chi connectivity index (χ2n) is 5.74. The monoisotopic (exact) mass is 234 g/mol. The lowest BCUT2D eigenvalue weighted by atomic mass is 9.76. The standard InChI is InChI=1S/C15H22O2/c1-10-3-8-15(17)14(10)9-12-4-6-13(7-5-12)11(2)16/h12-14H,1,3-9H2,2H3. The molecule has 0 saturated heterocycles. The second-order valence-corrected chi connectivity index (χ2v) is 5.74. The summed E-state index contributed by atoms with van der Waals surface area (Å²) in [6.45, 7) is 5.72. The molecule has 1 unspecified atom stereocenters. The Balaban J connectivity index is 1.84. The Morgan fingerprint density at radius 3 is 2.35 bits per heavy atom. The molecule has 2 nitrogen and oxygen atoms in total. The lowest BCUT2D eigenvalue weighted by Gasteiger charge is -2.28. The van der Waals surface area contributed by atoms with Crippen LogP contribution in [0.1, 0.15) is 51.9 Å². The van der Waals surface area contributed by atoms with E-state index in [0.717, 1.165) is 44.1 Å². The zero-order valence-corrected chi connectivity index (χ0v) is 10.7. The van der Waals surface area contributed by atoms with E-state index in [1.165, 1.54) is 0 Å². The van der Waals surface area contributed by atoms with Gasteiger partial charge in [0.25, 0.3) is 0 Å². The average Bonchev–Trinajstić information content (AvgIpc) is 2.61. The van der Waals surface area contributed by atoms with Gasteiger partial charge in [0.1, 0.15) is 11.6 Å². The van der Waals surface area contributed by atoms with E-state index in [1.807, 2.05) is 0 Å². The highest BCUT2D eigenvalue weighted by atomic mass is 16.1. The van der Waals surface area contributed by atoms with Crippen LogP contribution in [-0.2, 0) is 9.59 Å². The molecule has 2 heteroatoms. The van der Waals surface area contributed by atoms with Crippen molar-refractivity contribution in [3.63, 3.8) is 0 Å². The summed E-state index contributed by atoms with van der Waals surface area (Å²) < 4.78 is 0. The topological polar surface area (TPSA) is 34.1 Å². The molecular formula is C15H22O2. The molecule has 0 aromatic heterocycles. The Hall–Kier alpha value is -0.920. The molecule has 0 heterocycles. The maximum Gasteiger partial charge on any atom is 0.140 e. The minimum atomic E-state index is 0.133. The Morgan fingerprint density at radius 2 is 1.88 bits per heavy atom. The van der Waals surface area contributed by atoms with Gasteiger partial charge in [0.15, 0.2) is 0 Å². The molecule has 2 aliphatic rings. The molecule has 0 aromatic carbocycles. The molecule has 0 bridgehead atoms. The average molecular weight is 234 g/mol. The van der Waals surface area contributed by atoms with Gasteiger partial charge >= 0.3 is 0 Å². The highest BCUT2D eigenvalue weighted by molar-refractivity contribution is 5.86. The molecule has 17 heavy (non-hydrogen) atoms. The Morgan fingerprint density at radius 1 is 1.24 bits per heavy atom. The summed E-state index contributed by atoms with van der Waals surface area (Å²) in [4.78, 5) is 23.0. The van der Waals surface area contributed by atoms with Crippen molar-refractivity contribution in [2.45, 2.75) is 51.9 Å². The predicted octanol–water partition coefficient (Wildman–Crippen LogP) is 3.31. The summed E-state index contributed by atoms with van der Waals surface area (Å²) in [5.74, 6) is 1.78. The van der Waals surface area contributed by atoms with Crippen LogP contribution in [0.15, 0.2) is 12.2 Å². The van der Waals surface area contributed by atoms with E-state index in [9.17, 15) is 9.59 Å². The predicted molar refractivity (Wildman–Crippen MR) is 67.6 cm³/mol. The van der Waals surface area contributed by atoms with E-state index >= 15 is 0 Å². The summed E-state index contributed by atoms with van der Waals surface area (Å²) in [5, 5.41) is 0. The van der Waals surface area contributed by atoms with Crippen LogP contribution >= 0.6 is 0 Å². The summed E-state index contributed by atoms with van der Waals surface area (Å²) in [6.07, 6.45) is 6.85. The molecule has 2 rings (SSSR count). The quantitative estimate of drug-likeness (QED) is 0.702. The lowest BCUT2D eigenvalue weighted by Crippen LogP contribution is -2.22. The Bertz CT molecular complexity index is 319. The molecule has 94 valence electrons. The van der Waals surface area contributed by atoms with Gasteiger partial charge in [-0.05, 0) is 51.4 Å². The Labute approximate surface area is 103 Å². The van der Waals surface area contributed by atoms with Crippen molar-refractivity contribution in [2.75, 3.05) is 0 Å². The van der Waals surface area contributed by atoms with Crippen molar-refractivity contribution < 1.29 is 9.59 Å². The van der Waals surface area contributed by atoms with E-state index in [0.29, 0.717) is 23.9 Å². The van der Waals surface area contributed by atoms with Crippen LogP contribution in [0.25, 0.3) is 0 Å². The fraction of sp³-hybridized carbons (Fsp3) is 0.733. The smallest absolute Gasteiger partial charge is 0.140 e. The number of hydrogen-bond acceptors (Lipinski definition) is 2. The minimum Gasteiger partial charge on any atom is -0.300 e. The van der Waals surface area contributed by atoms with E-state index in [-0.39, 0.29) is 11.8 Å². The second kappa shape index (κ2) is 5.16. The zero-order valence-electron chi connectivity index (χ0n) is 10.7. The van der Waals surface area contributed by atoms with E-state index in [4.69, 9.17) is 0 Å². The van der Waals surface area contributed by atoms with Crippen LogP contribution in [0.5, 0.6) is 0 Å². The summed E-state index contributed by atoms with van der Waals surface area (Å²) in [7, 11) is 0. The van der Waals surface area contributed by atoms with Gasteiger partial charge in [0.2, 0.25) is 0 Å². The SMILES string of the molecule is C=C1CCC(=O)C1CC1CCC(C(C)=O)CC1. The molecule has 0 aromatic rings. The van der Waals surface area contributed by atoms with Crippen molar-refractivity contribution in [3.05, 3.63) is 12.2 Å². The summed E-state index contributed by atoms with van der Waals surface area (Å²) >= 11 is 0. The fourth-order valence-electron chi connectivity index (χ4n) is 3.30. The van der Waals surface area contributed by atoms with Crippen LogP contribution in [0, 0.1) is 17.8 Å². The molecule has 2 aliphatic carbocycles. The van der Waals surface area contributed by atoms with Crippen LogP contribution in [0.4, 0.5) is 0 Å². The van der Waals surface area contributed by atoms with Crippen molar-refractivity contribution in [1.29, 1.82) is 0 Å². The third-order valence-electron chi connectivity index (χ3n) is 4.56. The largest absolute Gasteiger partial charge is 0.300 e. The van der Waals surface area contributed by atoms with Crippen LogP contribution in [0.3, 0.4) is 0 Å². The number of hydrogen-bond donors (Lipinski definition) is 0. The first-order valence-electron chi connectivity index (χ1n) is 6.78. The number of ketones is 2. The van der Waals surface area contributed by atoms with E-state index in [1.54, 1.807) is 6.92 Å². The first kappa shape index (κ1) is 12.5. The molecule has 0 amide bonds. The zero-order chi connectivity index (χ0) is 12.4. The van der Waals surface area contributed by atoms with E-state index in [2.05, 4.69) is 6.58 Å². The third kappa shape index (κ3) is 2.85. The summed E-state index contributed by atoms with van der Waals surface area (Å²) in [6, 6.07) is 0. The minimum absolute atomic E-state index is 0.133. The molecule has 1 atom stereocenters. The van der Waals surface area contributed by atoms with Crippen molar-refractivity contribution in [2.24, 2.45) is 17.8 Å². The lowest BCUT2D eigenvalue weighted by molar-refractivity contribution is -0.123. The normalized spacial score (nSPS) is 34.1. The highest BCUT2D eigenvalue weighted by Crippen LogP contribution is 2.38. The highest BCUT2D eigenvalue weighted by Gasteiger charge is 2.32. The van der Waals surface area contributed by atoms with Crippen LogP contribution < -0.4 is 0 Å². The van der Waals surface area contributed by atoms with Crippen molar-refractivity contribution in [3.8, 4) is 0 Å². The molecule has 0 spiro atoms. The van der Waals surface area contributed by atoms with Crippen molar-refractivity contribution in [1.82, 2.24) is 0 Å². The van der Waals surface area contributed by atoms with E-state index < -0.39 is 0 Å². The molecule has 2 fully saturated rings. The first-order valence-corrected chi connectivity index (χ1v) is 6.78. The molecular weight excluding hydrogens is 212 g/mol.